The van der Waals surface area contributed by atoms with Crippen molar-refractivity contribution in [2.45, 2.75) is 19.9 Å². The van der Waals surface area contributed by atoms with Gasteiger partial charge in [-0.3, -0.25) is 23.7 Å². The summed E-state index contributed by atoms with van der Waals surface area (Å²) in [5, 5.41) is 9.91. The standard InChI is InChI=1S/C29H31N5O.C8H11N5O/c1-3-26-20-25-9-7-8-24(28(25)29(35)34(26)27-10-5-4-6-11-27)13-12-23-21-30-33(22-23)19-18-32-16-14-31(2)15-17-32;1-3-4-11-8-5(7(10)14)6(9)12-13(8)2/h4-11,20-22H,3,14-19H2,1-2H3;3-4H,1H2,2H3,(H2,9,12)(H2,10,14)/b;11-4-. The fraction of sp³-hybridized carbons (Fsp3) is 0.270. The minimum absolute atomic E-state index is 0.0293. The van der Waals surface area contributed by atoms with Crippen LogP contribution in [-0.2, 0) is 20.0 Å². The van der Waals surface area contributed by atoms with Gasteiger partial charge in [-0.1, -0.05) is 61.8 Å². The average molecular weight is 659 g/mol. The van der Waals surface area contributed by atoms with Gasteiger partial charge in [0.25, 0.3) is 11.5 Å². The summed E-state index contributed by atoms with van der Waals surface area (Å²) in [4.78, 5) is 33.5. The van der Waals surface area contributed by atoms with Crippen molar-refractivity contribution in [2.75, 3.05) is 45.5 Å². The smallest absolute Gasteiger partial charge is 0.264 e. The lowest BCUT2D eigenvalue weighted by Gasteiger charge is -2.32. The van der Waals surface area contributed by atoms with E-state index in [-0.39, 0.29) is 16.9 Å². The molecule has 0 bridgehead atoms. The van der Waals surface area contributed by atoms with Gasteiger partial charge in [0.05, 0.1) is 23.7 Å². The highest BCUT2D eigenvalue weighted by molar-refractivity contribution is 6.02. The summed E-state index contributed by atoms with van der Waals surface area (Å²) in [5.41, 5.74) is 14.2. The van der Waals surface area contributed by atoms with Crippen molar-refractivity contribution in [3.8, 4) is 17.5 Å². The van der Waals surface area contributed by atoms with Crippen molar-refractivity contribution < 1.29 is 4.79 Å². The zero-order valence-electron chi connectivity index (χ0n) is 28.2. The van der Waals surface area contributed by atoms with Crippen LogP contribution in [0.2, 0.25) is 0 Å². The maximum absolute atomic E-state index is 13.7. The maximum atomic E-state index is 13.7. The van der Waals surface area contributed by atoms with Gasteiger partial charge in [0.15, 0.2) is 11.6 Å². The van der Waals surface area contributed by atoms with Crippen LogP contribution in [-0.4, -0.2) is 85.8 Å². The van der Waals surface area contributed by atoms with Crippen molar-refractivity contribution in [3.63, 3.8) is 0 Å². The number of aliphatic imine (C=N–C) groups is 1. The van der Waals surface area contributed by atoms with Crippen LogP contribution in [0.4, 0.5) is 11.6 Å². The van der Waals surface area contributed by atoms with E-state index in [1.54, 1.807) is 13.2 Å². The normalized spacial score (nSPS) is 13.5. The second-order valence-corrected chi connectivity index (χ2v) is 11.7. The molecule has 2 aromatic carbocycles. The Balaban J connectivity index is 0.000000281. The molecule has 1 amide bonds. The van der Waals surface area contributed by atoms with Gasteiger partial charge in [-0.2, -0.15) is 10.2 Å². The van der Waals surface area contributed by atoms with E-state index in [1.807, 2.05) is 64.0 Å². The Morgan fingerprint density at radius 1 is 1.04 bits per heavy atom. The number of amides is 1. The molecule has 1 aliphatic rings. The zero-order chi connectivity index (χ0) is 34.9. The quantitative estimate of drug-likeness (QED) is 0.192. The minimum Gasteiger partial charge on any atom is -0.381 e. The summed E-state index contributed by atoms with van der Waals surface area (Å²) in [6.45, 7) is 11.8. The van der Waals surface area contributed by atoms with Gasteiger partial charge in [-0.25, -0.2) is 9.67 Å². The molecule has 1 saturated heterocycles. The first-order valence-corrected chi connectivity index (χ1v) is 16.2. The molecule has 0 spiro atoms. The monoisotopic (exact) mass is 658 g/mol. The van der Waals surface area contributed by atoms with Crippen LogP contribution in [0.1, 0.15) is 34.1 Å². The zero-order valence-corrected chi connectivity index (χ0v) is 28.2. The van der Waals surface area contributed by atoms with Crippen molar-refractivity contribution in [3.05, 3.63) is 112 Å². The molecular formula is C37H42N10O2. The Morgan fingerprint density at radius 2 is 1.80 bits per heavy atom. The number of nitrogens with two attached hydrogens (primary N) is 2. The van der Waals surface area contributed by atoms with Crippen LogP contribution in [0, 0.1) is 11.8 Å². The van der Waals surface area contributed by atoms with E-state index in [4.69, 9.17) is 11.5 Å². The van der Waals surface area contributed by atoms with E-state index in [1.165, 1.54) is 17.0 Å². The van der Waals surface area contributed by atoms with E-state index in [0.29, 0.717) is 11.2 Å². The SMILES string of the molecule is C=C/C=N\c1c(C(N)=O)c(N)nn1C.CCc1cc2cccc(C#Cc3cnn(CCN4CCN(C)CC4)c3)c2c(=O)n1-c1ccccc1. The molecule has 49 heavy (non-hydrogen) atoms. The Morgan fingerprint density at radius 3 is 2.49 bits per heavy atom. The molecule has 1 fully saturated rings. The molecule has 0 aliphatic carbocycles. The van der Waals surface area contributed by atoms with Crippen LogP contribution < -0.4 is 17.0 Å². The second-order valence-electron chi connectivity index (χ2n) is 11.7. The molecule has 6 rings (SSSR count). The summed E-state index contributed by atoms with van der Waals surface area (Å²) >= 11 is 0. The van der Waals surface area contributed by atoms with E-state index >= 15 is 0 Å². The lowest BCUT2D eigenvalue weighted by molar-refractivity contribution is 0.100. The number of nitrogens with zero attached hydrogens (tertiary/aromatic N) is 8. The number of anilines is 1. The highest BCUT2D eigenvalue weighted by Gasteiger charge is 2.18. The number of likely N-dealkylation sites (N-methyl/N-ethyl adjacent to an activating group) is 1. The van der Waals surface area contributed by atoms with Gasteiger partial charge in [-0.15, -0.1) is 0 Å². The summed E-state index contributed by atoms with van der Waals surface area (Å²) in [6, 6.07) is 17.8. The van der Waals surface area contributed by atoms with Crippen molar-refractivity contribution in [1.29, 1.82) is 0 Å². The third-order valence-electron chi connectivity index (χ3n) is 8.31. The number of primary amides is 1. The van der Waals surface area contributed by atoms with Gasteiger partial charge < -0.3 is 16.4 Å². The lowest BCUT2D eigenvalue weighted by Crippen LogP contribution is -2.45. The van der Waals surface area contributed by atoms with Crippen LogP contribution in [0.3, 0.4) is 0 Å². The molecule has 0 unspecified atom stereocenters. The largest absolute Gasteiger partial charge is 0.381 e. The summed E-state index contributed by atoms with van der Waals surface area (Å²) in [6.07, 6.45) is 7.48. The number of allylic oxidation sites excluding steroid dienone is 1. The molecular weight excluding hydrogens is 616 g/mol. The molecule has 0 atom stereocenters. The molecule has 12 nitrogen and oxygen atoms in total. The first-order chi connectivity index (χ1) is 23.7. The number of hydrogen-bond acceptors (Lipinski definition) is 8. The van der Waals surface area contributed by atoms with Gasteiger partial charge >= 0.3 is 0 Å². The first kappa shape index (κ1) is 34.6. The summed E-state index contributed by atoms with van der Waals surface area (Å²) in [5.74, 6) is 6.24. The Bertz CT molecular complexity index is 2090. The third kappa shape index (κ3) is 8.21. The average Bonchev–Trinajstić information content (AvgIpc) is 3.68. The number of carbonyl (C=O) groups is 1. The number of nitrogen functional groups attached to an aromatic ring is 1. The van der Waals surface area contributed by atoms with Gasteiger partial charge in [-0.05, 0) is 43.1 Å². The lowest BCUT2D eigenvalue weighted by atomic mass is 10.0. The number of piperazine rings is 1. The van der Waals surface area contributed by atoms with Crippen molar-refractivity contribution >= 4 is 34.5 Å². The molecule has 1 aliphatic heterocycles. The fourth-order valence-corrected chi connectivity index (χ4v) is 5.69. The summed E-state index contributed by atoms with van der Waals surface area (Å²) in [7, 11) is 3.80. The highest BCUT2D eigenvalue weighted by atomic mass is 16.1. The third-order valence-corrected chi connectivity index (χ3v) is 8.31. The summed E-state index contributed by atoms with van der Waals surface area (Å²) < 4.78 is 5.15. The topological polar surface area (TPSA) is 146 Å². The van der Waals surface area contributed by atoms with E-state index in [0.717, 1.165) is 73.6 Å². The Kier molecular flexibility index (Phi) is 11.2. The van der Waals surface area contributed by atoms with E-state index in [9.17, 15) is 9.59 Å². The van der Waals surface area contributed by atoms with Crippen LogP contribution in [0.25, 0.3) is 16.5 Å². The van der Waals surface area contributed by atoms with Crippen LogP contribution >= 0.6 is 0 Å². The van der Waals surface area contributed by atoms with Crippen LogP contribution in [0.5, 0.6) is 0 Å². The number of carbonyl (C=O) groups excluding carboxylic acids is 1. The predicted molar refractivity (Wildman–Crippen MR) is 196 cm³/mol. The van der Waals surface area contributed by atoms with Crippen molar-refractivity contribution in [1.82, 2.24) is 33.9 Å². The Labute approximate surface area is 285 Å². The number of aryl methyl sites for hydroxylation is 2. The van der Waals surface area contributed by atoms with Gasteiger partial charge in [0.2, 0.25) is 0 Å². The van der Waals surface area contributed by atoms with Gasteiger partial charge in [0, 0.05) is 69.1 Å². The van der Waals surface area contributed by atoms with Crippen molar-refractivity contribution in [2.24, 2.45) is 17.8 Å². The fourth-order valence-electron chi connectivity index (χ4n) is 5.69. The second kappa shape index (κ2) is 15.9. The predicted octanol–water partition coefficient (Wildman–Crippen LogP) is 3.39. The molecule has 12 heteroatoms. The molecule has 252 valence electrons. The Hall–Kier alpha value is -5.77. The highest BCUT2D eigenvalue weighted by Crippen LogP contribution is 2.23. The molecule has 5 aromatic rings. The molecule has 4 heterocycles. The van der Waals surface area contributed by atoms with Gasteiger partial charge in [0.1, 0.15) is 5.56 Å². The first-order valence-electron chi connectivity index (χ1n) is 16.2. The molecule has 4 N–H and O–H groups in total. The molecule has 0 saturated carbocycles. The molecule has 0 radical (unpaired) electrons. The number of hydrogen-bond donors (Lipinski definition) is 2. The number of pyridine rings is 1. The maximum Gasteiger partial charge on any atom is 0.264 e. The van der Waals surface area contributed by atoms with Crippen LogP contribution in [0.15, 0.2) is 89.4 Å². The number of rotatable bonds is 8. The number of benzene rings is 2. The number of aromatic nitrogens is 5. The number of para-hydroxylation sites is 1. The van der Waals surface area contributed by atoms with E-state index < -0.39 is 5.91 Å². The minimum atomic E-state index is -0.646. The molecule has 3 aromatic heterocycles. The number of fused-ring (bicyclic) bond motifs is 1. The van der Waals surface area contributed by atoms with E-state index in [2.05, 4.69) is 63.4 Å².